The lowest BCUT2D eigenvalue weighted by atomic mass is 9.92. The predicted octanol–water partition coefficient (Wildman–Crippen LogP) is 4.76. The van der Waals surface area contributed by atoms with E-state index in [1.54, 1.807) is 12.1 Å². The van der Waals surface area contributed by atoms with Crippen molar-refractivity contribution >= 4 is 22.6 Å². The molecule has 2 rings (SSSR count). The second-order valence-electron chi connectivity index (χ2n) is 5.29. The lowest BCUT2D eigenvalue weighted by molar-refractivity contribution is 0.569. The Labute approximate surface area is 140 Å². The monoisotopic (exact) mass is 397 g/mol. The zero-order chi connectivity index (χ0) is 15.1. The molecule has 21 heavy (non-hydrogen) atoms. The van der Waals surface area contributed by atoms with E-state index in [9.17, 15) is 4.39 Å². The quantitative estimate of drug-likeness (QED) is 0.525. The highest BCUT2D eigenvalue weighted by Crippen LogP contribution is 2.22. The molecule has 2 aromatic rings. The van der Waals surface area contributed by atoms with Crippen LogP contribution in [-0.4, -0.2) is 13.1 Å². The van der Waals surface area contributed by atoms with Crippen molar-refractivity contribution in [3.63, 3.8) is 0 Å². The maximum absolute atomic E-state index is 13.5. The van der Waals surface area contributed by atoms with Gasteiger partial charge < -0.3 is 5.32 Å². The zero-order valence-corrected chi connectivity index (χ0v) is 14.4. The van der Waals surface area contributed by atoms with Gasteiger partial charge in [0, 0.05) is 16.0 Å². The van der Waals surface area contributed by atoms with Crippen LogP contribution in [0.15, 0.2) is 48.5 Å². The van der Waals surface area contributed by atoms with Gasteiger partial charge in [0.25, 0.3) is 0 Å². The molecule has 0 aromatic heterocycles. The molecule has 0 fully saturated rings. The van der Waals surface area contributed by atoms with Crippen LogP contribution in [0.2, 0.25) is 0 Å². The molecule has 3 heteroatoms. The van der Waals surface area contributed by atoms with Crippen molar-refractivity contribution in [2.24, 2.45) is 0 Å². The summed E-state index contributed by atoms with van der Waals surface area (Å²) in [6.45, 7) is 4.03. The third-order valence-electron chi connectivity index (χ3n) is 3.53. The van der Waals surface area contributed by atoms with E-state index in [0.29, 0.717) is 5.92 Å². The van der Waals surface area contributed by atoms with E-state index in [4.69, 9.17) is 0 Å². The molecule has 0 bridgehead atoms. The molecule has 1 unspecified atom stereocenters. The first-order valence-corrected chi connectivity index (χ1v) is 8.47. The Morgan fingerprint density at radius 2 is 1.90 bits per heavy atom. The highest BCUT2D eigenvalue weighted by atomic mass is 127. The Balaban J connectivity index is 2.13. The lowest BCUT2D eigenvalue weighted by Crippen LogP contribution is -2.23. The fourth-order valence-corrected chi connectivity index (χ4v) is 2.79. The van der Waals surface area contributed by atoms with Crippen molar-refractivity contribution in [2.75, 3.05) is 13.1 Å². The highest BCUT2D eigenvalue weighted by molar-refractivity contribution is 14.1. The van der Waals surface area contributed by atoms with Crippen LogP contribution < -0.4 is 5.32 Å². The average molecular weight is 397 g/mol. The van der Waals surface area contributed by atoms with E-state index >= 15 is 0 Å². The third kappa shape index (κ3) is 5.40. The minimum Gasteiger partial charge on any atom is -0.316 e. The number of hydrogen-bond acceptors (Lipinski definition) is 1. The molecule has 1 N–H and O–H groups in total. The number of halogens is 2. The summed E-state index contributed by atoms with van der Waals surface area (Å²) in [5.74, 6) is 0.142. The molecule has 0 aliphatic heterocycles. The average Bonchev–Trinajstić information content (AvgIpc) is 2.48. The molecule has 0 saturated heterocycles. The molecule has 112 valence electrons. The van der Waals surface area contributed by atoms with Crippen LogP contribution in [0.25, 0.3) is 0 Å². The molecular formula is C18H21FIN. The summed E-state index contributed by atoms with van der Waals surface area (Å²) in [4.78, 5) is 0. The van der Waals surface area contributed by atoms with Crippen LogP contribution in [0, 0.1) is 9.39 Å². The maximum Gasteiger partial charge on any atom is 0.123 e. The van der Waals surface area contributed by atoms with E-state index in [1.807, 2.05) is 6.07 Å². The second kappa shape index (κ2) is 8.49. The first-order chi connectivity index (χ1) is 10.2. The van der Waals surface area contributed by atoms with Gasteiger partial charge in [-0.25, -0.2) is 4.39 Å². The second-order valence-corrected chi connectivity index (χ2v) is 6.53. The van der Waals surface area contributed by atoms with Gasteiger partial charge in [-0.15, -0.1) is 0 Å². The molecule has 0 aliphatic carbocycles. The van der Waals surface area contributed by atoms with Crippen molar-refractivity contribution in [2.45, 2.75) is 25.7 Å². The summed E-state index contributed by atoms with van der Waals surface area (Å²) >= 11 is 2.31. The summed E-state index contributed by atoms with van der Waals surface area (Å²) in [5, 5.41) is 3.46. The molecule has 0 aliphatic rings. The van der Waals surface area contributed by atoms with Gasteiger partial charge in [-0.3, -0.25) is 0 Å². The van der Waals surface area contributed by atoms with Crippen molar-refractivity contribution < 1.29 is 4.39 Å². The Hall–Kier alpha value is -0.940. The number of benzene rings is 2. The van der Waals surface area contributed by atoms with Crippen LogP contribution in [0.4, 0.5) is 4.39 Å². The Morgan fingerprint density at radius 3 is 2.57 bits per heavy atom. The smallest absolute Gasteiger partial charge is 0.123 e. The molecule has 0 saturated carbocycles. The lowest BCUT2D eigenvalue weighted by Gasteiger charge is -2.18. The first-order valence-electron chi connectivity index (χ1n) is 7.39. The summed E-state index contributed by atoms with van der Waals surface area (Å²) < 4.78 is 14.7. The van der Waals surface area contributed by atoms with Gasteiger partial charge in [0.2, 0.25) is 0 Å². The molecule has 2 aromatic carbocycles. The Bertz CT molecular complexity index is 553. The van der Waals surface area contributed by atoms with Gasteiger partial charge in [-0.05, 0) is 77.4 Å². The first kappa shape index (κ1) is 16.4. The van der Waals surface area contributed by atoms with Gasteiger partial charge in [0.15, 0.2) is 0 Å². The molecular weight excluding hydrogens is 376 g/mol. The molecule has 1 atom stereocenters. The number of hydrogen-bond donors (Lipinski definition) is 1. The third-order valence-corrected chi connectivity index (χ3v) is 4.25. The van der Waals surface area contributed by atoms with E-state index < -0.39 is 0 Å². The van der Waals surface area contributed by atoms with Gasteiger partial charge in [0.05, 0.1) is 0 Å². The van der Waals surface area contributed by atoms with E-state index in [2.05, 4.69) is 59.1 Å². The van der Waals surface area contributed by atoms with Crippen molar-refractivity contribution in [3.05, 3.63) is 69.0 Å². The van der Waals surface area contributed by atoms with Crippen LogP contribution in [0.5, 0.6) is 0 Å². The number of rotatable bonds is 7. The fourth-order valence-electron chi connectivity index (χ4n) is 2.43. The SMILES string of the molecule is CCCNCC(Cc1ccc(I)cc1)c1cccc(F)c1. The van der Waals surface area contributed by atoms with Gasteiger partial charge in [-0.1, -0.05) is 31.2 Å². The van der Waals surface area contributed by atoms with E-state index in [-0.39, 0.29) is 5.82 Å². The normalized spacial score (nSPS) is 12.3. The summed E-state index contributed by atoms with van der Waals surface area (Å²) in [5.41, 5.74) is 2.36. The van der Waals surface area contributed by atoms with Crippen LogP contribution in [-0.2, 0) is 6.42 Å². The molecule has 0 amide bonds. The van der Waals surface area contributed by atoms with E-state index in [0.717, 1.165) is 31.5 Å². The zero-order valence-electron chi connectivity index (χ0n) is 12.3. The summed E-state index contributed by atoms with van der Waals surface area (Å²) in [6, 6.07) is 15.5. The minimum atomic E-state index is -0.157. The summed E-state index contributed by atoms with van der Waals surface area (Å²) in [6.07, 6.45) is 2.04. The van der Waals surface area contributed by atoms with Gasteiger partial charge >= 0.3 is 0 Å². The molecule has 0 spiro atoms. The van der Waals surface area contributed by atoms with Crippen LogP contribution >= 0.6 is 22.6 Å². The van der Waals surface area contributed by atoms with Crippen molar-refractivity contribution in [1.29, 1.82) is 0 Å². The largest absolute Gasteiger partial charge is 0.316 e. The van der Waals surface area contributed by atoms with Gasteiger partial charge in [-0.2, -0.15) is 0 Å². The molecule has 1 nitrogen and oxygen atoms in total. The molecule has 0 radical (unpaired) electrons. The fraction of sp³-hybridized carbons (Fsp3) is 0.333. The van der Waals surface area contributed by atoms with Crippen LogP contribution in [0.1, 0.15) is 30.4 Å². The Kier molecular flexibility index (Phi) is 6.64. The van der Waals surface area contributed by atoms with Crippen molar-refractivity contribution in [3.8, 4) is 0 Å². The topological polar surface area (TPSA) is 12.0 Å². The minimum absolute atomic E-state index is 0.157. The van der Waals surface area contributed by atoms with Crippen LogP contribution in [0.3, 0.4) is 0 Å². The standard InChI is InChI=1S/C18H21FIN/c1-2-10-21-13-16(15-4-3-5-17(19)12-15)11-14-6-8-18(20)9-7-14/h3-9,12,16,21H,2,10-11,13H2,1H3. The molecule has 0 heterocycles. The summed E-state index contributed by atoms with van der Waals surface area (Å²) in [7, 11) is 0. The number of nitrogens with one attached hydrogen (secondary N) is 1. The van der Waals surface area contributed by atoms with E-state index in [1.165, 1.54) is 15.2 Å². The van der Waals surface area contributed by atoms with Crippen molar-refractivity contribution in [1.82, 2.24) is 5.32 Å². The highest BCUT2D eigenvalue weighted by Gasteiger charge is 2.13. The predicted molar refractivity (Wildman–Crippen MR) is 95.2 cm³/mol. The van der Waals surface area contributed by atoms with Gasteiger partial charge in [0.1, 0.15) is 5.82 Å². The maximum atomic E-state index is 13.5. The Morgan fingerprint density at radius 1 is 1.14 bits per heavy atom.